The predicted molar refractivity (Wildman–Crippen MR) is 115 cm³/mol. The molecule has 3 unspecified atom stereocenters. The van der Waals surface area contributed by atoms with Crippen molar-refractivity contribution in [3.63, 3.8) is 0 Å². The molecule has 4 rings (SSSR count). The minimum atomic E-state index is -1.02. The molecule has 0 aliphatic carbocycles. The van der Waals surface area contributed by atoms with E-state index in [1.807, 2.05) is 61.2 Å². The fourth-order valence-corrected chi connectivity index (χ4v) is 4.91. The number of nitrogens with one attached hydrogen (secondary N) is 1. The van der Waals surface area contributed by atoms with Crippen LogP contribution in [0.4, 0.5) is 5.69 Å². The van der Waals surface area contributed by atoms with Crippen LogP contribution in [0, 0.1) is 12.8 Å². The second-order valence-electron chi connectivity index (χ2n) is 7.12. The van der Waals surface area contributed by atoms with Crippen LogP contribution in [-0.2, 0) is 9.53 Å². The van der Waals surface area contributed by atoms with Crippen LogP contribution in [-0.4, -0.2) is 23.4 Å². The van der Waals surface area contributed by atoms with E-state index in [0.717, 1.165) is 27.0 Å². The van der Waals surface area contributed by atoms with Crippen LogP contribution in [0.5, 0.6) is 5.75 Å². The molecule has 2 aliphatic rings. The number of benzene rings is 2. The minimum Gasteiger partial charge on any atom is -0.466 e. The fraction of sp³-hybridized carbons (Fsp3) is 0.333. The van der Waals surface area contributed by atoms with E-state index in [2.05, 4.69) is 21.2 Å². The maximum absolute atomic E-state index is 13.1. The molecular weight excluding hydrogens is 440 g/mol. The number of para-hydroxylation sites is 1. The number of hydrogen-bond acceptors (Lipinski definition) is 4. The van der Waals surface area contributed by atoms with Gasteiger partial charge in [0.1, 0.15) is 11.7 Å². The number of carbonyl (C=O) groups excluding carboxylic acids is 1. The molecule has 0 saturated carbocycles. The number of fused-ring (bicyclic) bond motifs is 4. The second-order valence-corrected chi connectivity index (χ2v) is 8.42. The molecule has 0 aromatic heterocycles. The molecule has 146 valence electrons. The van der Waals surface area contributed by atoms with Gasteiger partial charge in [-0.3, -0.25) is 9.69 Å². The number of ether oxygens (including phenoxy) is 2. The molecule has 0 spiro atoms. The van der Waals surface area contributed by atoms with Crippen molar-refractivity contribution in [1.29, 1.82) is 0 Å². The highest BCUT2D eigenvalue weighted by atomic mass is 79.9. The van der Waals surface area contributed by atoms with E-state index in [4.69, 9.17) is 21.7 Å². The summed E-state index contributed by atoms with van der Waals surface area (Å²) in [5.41, 5.74) is 1.80. The lowest BCUT2D eigenvalue weighted by molar-refractivity contribution is -0.159. The quantitative estimate of drug-likeness (QED) is 0.538. The number of hydrogen-bond donors (Lipinski definition) is 1. The minimum absolute atomic E-state index is 0.304. The zero-order valence-electron chi connectivity index (χ0n) is 15.9. The number of aryl methyl sites for hydroxylation is 1. The molecule has 3 atom stereocenters. The molecule has 0 radical (unpaired) electrons. The number of esters is 1. The normalized spacial score (nSPS) is 25.4. The van der Waals surface area contributed by atoms with Gasteiger partial charge in [-0.15, -0.1) is 0 Å². The molecule has 2 aliphatic heterocycles. The summed E-state index contributed by atoms with van der Waals surface area (Å²) < 4.78 is 12.8. The van der Waals surface area contributed by atoms with Crippen molar-refractivity contribution in [2.45, 2.75) is 32.5 Å². The molecule has 7 heteroatoms. The van der Waals surface area contributed by atoms with Gasteiger partial charge in [0.2, 0.25) is 5.72 Å². The van der Waals surface area contributed by atoms with Gasteiger partial charge in [-0.05, 0) is 62.8 Å². The number of nitrogens with zero attached hydrogens (tertiary/aromatic N) is 1. The van der Waals surface area contributed by atoms with Gasteiger partial charge >= 0.3 is 5.97 Å². The zero-order valence-corrected chi connectivity index (χ0v) is 18.3. The summed E-state index contributed by atoms with van der Waals surface area (Å²) in [5, 5.41) is 3.90. The lowest BCUT2D eigenvalue weighted by Gasteiger charge is -2.55. The first-order chi connectivity index (χ1) is 13.4. The average molecular weight is 461 g/mol. The second kappa shape index (κ2) is 7.04. The molecular formula is C21H21BrN2O3S. The van der Waals surface area contributed by atoms with Crippen LogP contribution in [0.15, 0.2) is 46.9 Å². The summed E-state index contributed by atoms with van der Waals surface area (Å²) in [5.74, 6) is -0.181. The lowest BCUT2D eigenvalue weighted by atomic mass is 9.79. The van der Waals surface area contributed by atoms with Crippen LogP contribution in [0.3, 0.4) is 0 Å². The molecule has 1 saturated heterocycles. The Kier molecular flexibility index (Phi) is 4.83. The van der Waals surface area contributed by atoms with Crippen molar-refractivity contribution in [2.75, 3.05) is 11.5 Å². The van der Waals surface area contributed by atoms with E-state index in [1.165, 1.54) is 0 Å². The summed E-state index contributed by atoms with van der Waals surface area (Å²) in [6.07, 6.45) is 0. The van der Waals surface area contributed by atoms with Gasteiger partial charge in [0.05, 0.1) is 12.6 Å². The SMILES string of the molecule is CCOC(=O)C1C2NC(=S)N(c3ccccc3C)C1(C)Oc1ccc(Br)cc12. The van der Waals surface area contributed by atoms with Gasteiger partial charge in [-0.25, -0.2) is 0 Å². The molecule has 2 aromatic carbocycles. The van der Waals surface area contributed by atoms with Crippen LogP contribution >= 0.6 is 28.1 Å². The van der Waals surface area contributed by atoms with Crippen LogP contribution in [0.25, 0.3) is 0 Å². The third kappa shape index (κ3) is 2.88. The first-order valence-electron chi connectivity index (χ1n) is 9.18. The highest BCUT2D eigenvalue weighted by Crippen LogP contribution is 2.50. The zero-order chi connectivity index (χ0) is 20.1. The van der Waals surface area contributed by atoms with Gasteiger partial charge in [0.25, 0.3) is 0 Å². The van der Waals surface area contributed by atoms with E-state index in [9.17, 15) is 4.79 Å². The molecule has 1 N–H and O–H groups in total. The van der Waals surface area contributed by atoms with Crippen LogP contribution in [0.1, 0.15) is 31.0 Å². The molecule has 0 amide bonds. The van der Waals surface area contributed by atoms with E-state index < -0.39 is 11.6 Å². The lowest BCUT2D eigenvalue weighted by Crippen LogP contribution is -2.72. The Bertz CT molecular complexity index is 966. The number of anilines is 1. The van der Waals surface area contributed by atoms with Crippen molar-refractivity contribution >= 4 is 44.9 Å². The highest BCUT2D eigenvalue weighted by molar-refractivity contribution is 9.10. The number of rotatable bonds is 3. The molecule has 2 aromatic rings. The van der Waals surface area contributed by atoms with E-state index in [1.54, 1.807) is 6.92 Å². The monoisotopic (exact) mass is 460 g/mol. The maximum Gasteiger partial charge on any atom is 0.317 e. The van der Waals surface area contributed by atoms with Gasteiger partial charge in [-0.1, -0.05) is 34.1 Å². The molecule has 2 bridgehead atoms. The van der Waals surface area contributed by atoms with Crippen molar-refractivity contribution in [1.82, 2.24) is 5.32 Å². The summed E-state index contributed by atoms with van der Waals surface area (Å²) in [6, 6.07) is 13.4. The average Bonchev–Trinajstić information content (AvgIpc) is 2.63. The smallest absolute Gasteiger partial charge is 0.317 e. The van der Waals surface area contributed by atoms with E-state index in [0.29, 0.717) is 11.7 Å². The fourth-order valence-electron chi connectivity index (χ4n) is 4.12. The van der Waals surface area contributed by atoms with Crippen molar-refractivity contribution in [2.24, 2.45) is 5.92 Å². The standard InChI is InChI=1S/C21H21BrN2O3S/c1-4-26-19(25)17-18-14-11-13(22)9-10-16(14)27-21(17,3)24(20(28)23-18)15-8-6-5-7-12(15)2/h5-11,17-18H,4H2,1-3H3,(H,23,28). The Morgan fingerprint density at radius 1 is 1.36 bits per heavy atom. The number of carbonyl (C=O) groups is 1. The topological polar surface area (TPSA) is 50.8 Å². The summed E-state index contributed by atoms with van der Waals surface area (Å²) in [4.78, 5) is 15.0. The van der Waals surface area contributed by atoms with Gasteiger partial charge in [0, 0.05) is 15.7 Å². The first kappa shape index (κ1) is 19.2. The highest BCUT2D eigenvalue weighted by Gasteiger charge is 2.60. The Morgan fingerprint density at radius 3 is 2.82 bits per heavy atom. The summed E-state index contributed by atoms with van der Waals surface area (Å²) in [6.45, 7) is 6.03. The van der Waals surface area contributed by atoms with Crippen molar-refractivity contribution in [3.05, 3.63) is 58.1 Å². The largest absolute Gasteiger partial charge is 0.466 e. The summed E-state index contributed by atoms with van der Waals surface area (Å²) in [7, 11) is 0. The maximum atomic E-state index is 13.1. The molecule has 28 heavy (non-hydrogen) atoms. The van der Waals surface area contributed by atoms with E-state index in [-0.39, 0.29) is 12.0 Å². The molecule has 2 heterocycles. The first-order valence-corrected chi connectivity index (χ1v) is 10.4. The third-order valence-corrected chi connectivity index (χ3v) is 6.15. The van der Waals surface area contributed by atoms with Crippen LogP contribution in [0.2, 0.25) is 0 Å². The number of halogens is 1. The molecule has 5 nitrogen and oxygen atoms in total. The summed E-state index contributed by atoms with van der Waals surface area (Å²) >= 11 is 9.24. The Balaban J connectivity index is 1.92. The predicted octanol–water partition coefficient (Wildman–Crippen LogP) is 4.48. The van der Waals surface area contributed by atoms with Gasteiger partial charge in [-0.2, -0.15) is 0 Å². The number of thiocarbonyl (C=S) groups is 1. The third-order valence-electron chi connectivity index (χ3n) is 5.36. The Hall–Kier alpha value is -2.12. The van der Waals surface area contributed by atoms with Crippen LogP contribution < -0.4 is 15.0 Å². The van der Waals surface area contributed by atoms with Crippen molar-refractivity contribution < 1.29 is 14.3 Å². The Morgan fingerprint density at radius 2 is 2.11 bits per heavy atom. The molecule has 1 fully saturated rings. The Labute approximate surface area is 178 Å². The van der Waals surface area contributed by atoms with Gasteiger partial charge in [0.15, 0.2) is 5.11 Å². The van der Waals surface area contributed by atoms with E-state index >= 15 is 0 Å². The van der Waals surface area contributed by atoms with Gasteiger partial charge < -0.3 is 14.8 Å². The van der Waals surface area contributed by atoms with Crippen molar-refractivity contribution in [3.8, 4) is 5.75 Å².